The second-order valence-electron chi connectivity index (χ2n) is 9.60. The molecule has 2 fully saturated rings. The summed E-state index contributed by atoms with van der Waals surface area (Å²) in [6, 6.07) is 11.6. The zero-order chi connectivity index (χ0) is 23.7. The molecule has 0 radical (unpaired) electrons. The number of aliphatic hydroxyl groups is 1. The Balaban J connectivity index is 1.20. The molecule has 0 amide bonds. The standard InChI is InChI=1S/C25H30ClN5O3/c26-20-6-2-3-16(14-20)22-28-23(30-29-22)18-7-8-21(27-15-18)31-11-9-25(34,10-12-31)19-5-1-4-17(13-19)24(32)33/h2-3,6-8,14-15,17,19,23,30,34H,1,4-5,9-13H2,(H,28,29)(H,32,33). The number of benzene rings is 1. The molecule has 1 aliphatic carbocycles. The Morgan fingerprint density at radius 3 is 2.71 bits per heavy atom. The lowest BCUT2D eigenvalue weighted by molar-refractivity contribution is -0.145. The molecule has 0 bridgehead atoms. The number of carbonyl (C=O) groups is 1. The molecule has 4 N–H and O–H groups in total. The first-order valence-corrected chi connectivity index (χ1v) is 12.3. The van der Waals surface area contributed by atoms with Crippen LogP contribution in [0.3, 0.4) is 0 Å². The average Bonchev–Trinajstić information content (AvgIpc) is 3.35. The number of anilines is 1. The van der Waals surface area contributed by atoms with Gasteiger partial charge in [-0.2, -0.15) is 0 Å². The smallest absolute Gasteiger partial charge is 0.306 e. The highest BCUT2D eigenvalue weighted by atomic mass is 35.5. The molecule has 1 aromatic heterocycles. The molecule has 8 nitrogen and oxygen atoms in total. The maximum absolute atomic E-state index is 11.4. The maximum atomic E-state index is 11.4. The lowest BCUT2D eigenvalue weighted by atomic mass is 9.69. The molecular formula is C25H30ClN5O3. The maximum Gasteiger partial charge on any atom is 0.306 e. The van der Waals surface area contributed by atoms with Gasteiger partial charge in [0.15, 0.2) is 0 Å². The molecule has 3 aliphatic rings. The van der Waals surface area contributed by atoms with Gasteiger partial charge in [0.05, 0.1) is 11.5 Å². The molecule has 1 saturated heterocycles. The molecule has 5 rings (SSSR count). The quantitative estimate of drug-likeness (QED) is 0.515. The van der Waals surface area contributed by atoms with Crippen molar-refractivity contribution >= 4 is 29.2 Å². The number of aliphatic carboxylic acids is 1. The van der Waals surface area contributed by atoms with E-state index in [1.54, 1.807) is 0 Å². The van der Waals surface area contributed by atoms with Gasteiger partial charge in [-0.05, 0) is 56.2 Å². The molecule has 1 saturated carbocycles. The van der Waals surface area contributed by atoms with E-state index in [1.165, 1.54) is 0 Å². The molecule has 9 heteroatoms. The lowest BCUT2D eigenvalue weighted by Gasteiger charge is -2.45. The summed E-state index contributed by atoms with van der Waals surface area (Å²) in [6.45, 7) is 1.41. The van der Waals surface area contributed by atoms with Crippen LogP contribution in [0.2, 0.25) is 5.02 Å². The van der Waals surface area contributed by atoms with E-state index in [0.29, 0.717) is 37.4 Å². The van der Waals surface area contributed by atoms with Crippen LogP contribution in [-0.4, -0.2) is 45.7 Å². The molecule has 3 unspecified atom stereocenters. The summed E-state index contributed by atoms with van der Waals surface area (Å²) >= 11 is 6.09. The van der Waals surface area contributed by atoms with Gasteiger partial charge in [-0.25, -0.2) is 15.4 Å². The number of hydrogen-bond donors (Lipinski definition) is 4. The number of rotatable bonds is 5. The predicted octanol–water partition coefficient (Wildman–Crippen LogP) is 3.51. The van der Waals surface area contributed by atoms with Gasteiger partial charge < -0.3 is 20.5 Å². The molecule has 180 valence electrons. The number of nitrogens with one attached hydrogen (secondary N) is 2. The van der Waals surface area contributed by atoms with Crippen LogP contribution in [0.15, 0.2) is 47.6 Å². The van der Waals surface area contributed by atoms with Crippen molar-refractivity contribution in [2.75, 3.05) is 18.0 Å². The number of amidine groups is 1. The molecule has 0 spiro atoms. The minimum absolute atomic E-state index is 0.0623. The van der Waals surface area contributed by atoms with Crippen molar-refractivity contribution < 1.29 is 15.0 Å². The van der Waals surface area contributed by atoms with E-state index in [1.807, 2.05) is 42.6 Å². The summed E-state index contributed by atoms with van der Waals surface area (Å²) in [5.74, 6) is 0.622. The first kappa shape index (κ1) is 23.1. The van der Waals surface area contributed by atoms with E-state index in [9.17, 15) is 15.0 Å². The van der Waals surface area contributed by atoms with Crippen LogP contribution in [0.4, 0.5) is 5.82 Å². The highest BCUT2D eigenvalue weighted by molar-refractivity contribution is 6.31. The number of nitrogens with zero attached hydrogens (tertiary/aromatic N) is 3. The Bertz CT molecular complexity index is 1070. The minimum Gasteiger partial charge on any atom is -0.481 e. The Morgan fingerprint density at radius 2 is 2.00 bits per heavy atom. The van der Waals surface area contributed by atoms with Gasteiger partial charge in [0.1, 0.15) is 17.8 Å². The zero-order valence-corrected chi connectivity index (χ0v) is 19.7. The fourth-order valence-corrected chi connectivity index (χ4v) is 5.64. The molecule has 2 aliphatic heterocycles. The Kier molecular flexibility index (Phi) is 6.46. The number of carboxylic acids is 1. The number of piperidine rings is 1. The largest absolute Gasteiger partial charge is 0.481 e. The van der Waals surface area contributed by atoms with Crippen LogP contribution in [-0.2, 0) is 4.79 Å². The van der Waals surface area contributed by atoms with Crippen molar-refractivity contribution in [3.05, 3.63) is 58.7 Å². The first-order chi connectivity index (χ1) is 16.4. The number of aliphatic imine (C=N–C) groups is 1. The van der Waals surface area contributed by atoms with Crippen LogP contribution in [0.1, 0.15) is 55.8 Å². The molecule has 2 aromatic rings. The van der Waals surface area contributed by atoms with E-state index in [4.69, 9.17) is 16.6 Å². The summed E-state index contributed by atoms with van der Waals surface area (Å²) in [4.78, 5) is 23.0. The monoisotopic (exact) mass is 483 g/mol. The number of hydrogen-bond acceptors (Lipinski definition) is 7. The van der Waals surface area contributed by atoms with Crippen molar-refractivity contribution in [1.29, 1.82) is 0 Å². The van der Waals surface area contributed by atoms with Gasteiger partial charge in [0.2, 0.25) is 0 Å². The third-order valence-electron chi connectivity index (χ3n) is 7.51. The van der Waals surface area contributed by atoms with E-state index >= 15 is 0 Å². The van der Waals surface area contributed by atoms with Crippen LogP contribution in [0.5, 0.6) is 0 Å². The van der Waals surface area contributed by atoms with Crippen molar-refractivity contribution in [2.24, 2.45) is 16.8 Å². The van der Waals surface area contributed by atoms with E-state index in [0.717, 1.165) is 42.0 Å². The minimum atomic E-state index is -0.782. The second kappa shape index (κ2) is 9.52. The van der Waals surface area contributed by atoms with E-state index < -0.39 is 11.6 Å². The summed E-state index contributed by atoms with van der Waals surface area (Å²) in [6.07, 6.45) is 5.95. The van der Waals surface area contributed by atoms with Crippen LogP contribution in [0.25, 0.3) is 0 Å². The van der Waals surface area contributed by atoms with Gasteiger partial charge in [-0.1, -0.05) is 36.2 Å². The normalized spacial score (nSPS) is 26.6. The number of hydrazine groups is 1. The van der Waals surface area contributed by atoms with Crippen molar-refractivity contribution in [3.8, 4) is 0 Å². The van der Waals surface area contributed by atoms with E-state index in [-0.39, 0.29) is 18.0 Å². The van der Waals surface area contributed by atoms with Gasteiger partial charge in [0.25, 0.3) is 0 Å². The first-order valence-electron chi connectivity index (χ1n) is 11.9. The summed E-state index contributed by atoms with van der Waals surface area (Å²) < 4.78 is 0. The third kappa shape index (κ3) is 4.76. The highest BCUT2D eigenvalue weighted by Gasteiger charge is 2.43. The summed E-state index contributed by atoms with van der Waals surface area (Å²) in [5, 5.41) is 21.4. The molecule has 3 atom stereocenters. The number of carboxylic acid groups (broad SMARTS) is 1. The van der Waals surface area contributed by atoms with Gasteiger partial charge >= 0.3 is 5.97 Å². The topological polar surface area (TPSA) is 110 Å². The van der Waals surface area contributed by atoms with E-state index in [2.05, 4.69) is 20.7 Å². The fraction of sp³-hybridized carbons (Fsp3) is 0.480. The van der Waals surface area contributed by atoms with Crippen LogP contribution in [0, 0.1) is 11.8 Å². The number of pyridine rings is 1. The lowest BCUT2D eigenvalue weighted by Crippen LogP contribution is -2.50. The van der Waals surface area contributed by atoms with Crippen molar-refractivity contribution in [2.45, 2.75) is 50.3 Å². The predicted molar refractivity (Wildman–Crippen MR) is 131 cm³/mol. The zero-order valence-electron chi connectivity index (χ0n) is 19.0. The molecule has 1 aromatic carbocycles. The van der Waals surface area contributed by atoms with Gasteiger partial charge in [-0.15, -0.1) is 0 Å². The Labute approximate surface area is 204 Å². The Morgan fingerprint density at radius 1 is 1.18 bits per heavy atom. The molecular weight excluding hydrogens is 454 g/mol. The molecule has 3 heterocycles. The Hall–Kier alpha value is -2.68. The third-order valence-corrected chi connectivity index (χ3v) is 7.74. The van der Waals surface area contributed by atoms with Crippen LogP contribution >= 0.6 is 11.6 Å². The second-order valence-corrected chi connectivity index (χ2v) is 10.0. The number of halogens is 1. The molecule has 34 heavy (non-hydrogen) atoms. The van der Waals surface area contributed by atoms with Gasteiger partial charge in [-0.3, -0.25) is 4.79 Å². The summed E-state index contributed by atoms with van der Waals surface area (Å²) in [7, 11) is 0. The average molecular weight is 484 g/mol. The highest BCUT2D eigenvalue weighted by Crippen LogP contribution is 2.41. The van der Waals surface area contributed by atoms with Crippen molar-refractivity contribution in [3.63, 3.8) is 0 Å². The number of aromatic nitrogens is 1. The SMILES string of the molecule is O=C(O)C1CCCC(C2(O)CCN(c3ccc(C4N=C(c5cccc(Cl)c5)NN4)cn3)CC2)C1. The van der Waals surface area contributed by atoms with Gasteiger partial charge in [0, 0.05) is 35.4 Å². The summed E-state index contributed by atoms with van der Waals surface area (Å²) in [5.41, 5.74) is 7.37. The van der Waals surface area contributed by atoms with Crippen molar-refractivity contribution in [1.82, 2.24) is 15.8 Å². The fourth-order valence-electron chi connectivity index (χ4n) is 5.45. The van der Waals surface area contributed by atoms with Crippen LogP contribution < -0.4 is 15.8 Å².